The minimum Gasteiger partial charge on any atom is -0.373 e. The Labute approximate surface area is 170 Å². The van der Waals surface area contributed by atoms with Crippen LogP contribution in [0.1, 0.15) is 30.6 Å². The summed E-state index contributed by atoms with van der Waals surface area (Å²) in [6.45, 7) is 4.17. The molecule has 4 rings (SSSR count). The summed E-state index contributed by atoms with van der Waals surface area (Å²) < 4.78 is 9.56. The van der Waals surface area contributed by atoms with Gasteiger partial charge in [-0.3, -0.25) is 9.48 Å². The number of nitrogens with zero attached hydrogens (tertiary/aromatic N) is 4. The van der Waals surface area contributed by atoms with Crippen LogP contribution in [0.5, 0.6) is 0 Å². The third-order valence-electron chi connectivity index (χ3n) is 5.11. The SMILES string of the molecule is CCn1cc([C@H]2OCC[C@@H]2CNC(=O)/C=C/c2cnn(-c3ccccc3)c2)cn1. The van der Waals surface area contributed by atoms with Crippen LogP contribution >= 0.6 is 0 Å². The van der Waals surface area contributed by atoms with Crippen LogP contribution in [-0.2, 0) is 16.1 Å². The average Bonchev–Trinajstić information content (AvgIpc) is 3.51. The molecule has 1 saturated heterocycles. The summed E-state index contributed by atoms with van der Waals surface area (Å²) in [5.74, 6) is 0.134. The van der Waals surface area contributed by atoms with Gasteiger partial charge in [-0.25, -0.2) is 4.68 Å². The Bertz CT molecular complexity index is 976. The first-order chi connectivity index (χ1) is 14.2. The van der Waals surface area contributed by atoms with Crippen molar-refractivity contribution >= 4 is 12.0 Å². The lowest BCUT2D eigenvalue weighted by Crippen LogP contribution is -2.29. The van der Waals surface area contributed by atoms with E-state index >= 15 is 0 Å². The van der Waals surface area contributed by atoms with Gasteiger partial charge >= 0.3 is 0 Å². The summed E-state index contributed by atoms with van der Waals surface area (Å²) in [7, 11) is 0. The van der Waals surface area contributed by atoms with Crippen LogP contribution in [-0.4, -0.2) is 38.6 Å². The van der Waals surface area contributed by atoms with Crippen LogP contribution in [0.4, 0.5) is 0 Å². The zero-order valence-electron chi connectivity index (χ0n) is 16.4. The van der Waals surface area contributed by atoms with E-state index in [9.17, 15) is 4.79 Å². The summed E-state index contributed by atoms with van der Waals surface area (Å²) in [5, 5.41) is 11.7. The van der Waals surface area contributed by atoms with Crippen LogP contribution in [0.25, 0.3) is 11.8 Å². The van der Waals surface area contributed by atoms with Gasteiger partial charge in [-0.15, -0.1) is 0 Å². The Hall–Kier alpha value is -3.19. The average molecular weight is 391 g/mol. The van der Waals surface area contributed by atoms with Gasteiger partial charge in [0.1, 0.15) is 0 Å². The van der Waals surface area contributed by atoms with Crippen LogP contribution in [0, 0.1) is 5.92 Å². The molecule has 0 aliphatic carbocycles. The highest BCUT2D eigenvalue weighted by Crippen LogP contribution is 2.33. The maximum Gasteiger partial charge on any atom is 0.244 e. The number of hydrogen-bond acceptors (Lipinski definition) is 4. The number of amides is 1. The number of hydrogen-bond donors (Lipinski definition) is 1. The molecule has 7 heteroatoms. The third-order valence-corrected chi connectivity index (χ3v) is 5.11. The minimum atomic E-state index is -0.118. The zero-order valence-corrected chi connectivity index (χ0v) is 16.4. The van der Waals surface area contributed by atoms with Crippen molar-refractivity contribution in [2.45, 2.75) is 26.0 Å². The summed E-state index contributed by atoms with van der Waals surface area (Å²) >= 11 is 0. The Kier molecular flexibility index (Phi) is 5.86. The number of aryl methyl sites for hydroxylation is 1. The number of nitrogens with one attached hydrogen (secondary N) is 1. The van der Waals surface area contributed by atoms with Gasteiger partial charge in [0.15, 0.2) is 0 Å². The monoisotopic (exact) mass is 391 g/mol. The molecule has 0 saturated carbocycles. The van der Waals surface area contributed by atoms with E-state index in [0.29, 0.717) is 13.2 Å². The van der Waals surface area contributed by atoms with Crippen molar-refractivity contribution < 1.29 is 9.53 Å². The Balaban J connectivity index is 1.31. The lowest BCUT2D eigenvalue weighted by Gasteiger charge is -2.17. The second-order valence-electron chi connectivity index (χ2n) is 7.10. The van der Waals surface area contributed by atoms with Gasteiger partial charge in [0.05, 0.1) is 24.2 Å². The minimum absolute atomic E-state index is 0.0105. The fourth-order valence-corrected chi connectivity index (χ4v) is 3.52. The molecule has 2 aromatic heterocycles. The third kappa shape index (κ3) is 4.63. The molecule has 150 valence electrons. The van der Waals surface area contributed by atoms with Gasteiger partial charge in [-0.05, 0) is 31.6 Å². The molecule has 1 aromatic carbocycles. The van der Waals surface area contributed by atoms with Gasteiger partial charge in [0.2, 0.25) is 5.91 Å². The molecule has 2 atom stereocenters. The molecular formula is C22H25N5O2. The van der Waals surface area contributed by atoms with Crippen molar-refractivity contribution in [1.82, 2.24) is 24.9 Å². The highest BCUT2D eigenvalue weighted by molar-refractivity contribution is 5.91. The summed E-state index contributed by atoms with van der Waals surface area (Å²) in [6, 6.07) is 9.86. The van der Waals surface area contributed by atoms with Gasteiger partial charge in [0.25, 0.3) is 0 Å². The van der Waals surface area contributed by atoms with Crippen molar-refractivity contribution in [3.05, 3.63) is 72.3 Å². The molecule has 1 fully saturated rings. The molecule has 1 amide bonds. The van der Waals surface area contributed by atoms with E-state index in [0.717, 1.165) is 29.8 Å². The first-order valence-electron chi connectivity index (χ1n) is 9.93. The number of rotatable bonds is 7. The molecule has 1 N–H and O–H groups in total. The Morgan fingerprint density at radius 2 is 2.10 bits per heavy atom. The van der Waals surface area contributed by atoms with Crippen molar-refractivity contribution in [3.63, 3.8) is 0 Å². The van der Waals surface area contributed by atoms with E-state index in [2.05, 4.69) is 22.4 Å². The normalized spacial score (nSPS) is 19.1. The number of carbonyl (C=O) groups is 1. The van der Waals surface area contributed by atoms with Crippen molar-refractivity contribution in [1.29, 1.82) is 0 Å². The zero-order chi connectivity index (χ0) is 20.1. The Morgan fingerprint density at radius 3 is 2.90 bits per heavy atom. The highest BCUT2D eigenvalue weighted by atomic mass is 16.5. The second-order valence-corrected chi connectivity index (χ2v) is 7.10. The number of carbonyl (C=O) groups excluding carboxylic acids is 1. The Morgan fingerprint density at radius 1 is 1.24 bits per heavy atom. The molecule has 1 aliphatic heterocycles. The first-order valence-corrected chi connectivity index (χ1v) is 9.93. The number of aromatic nitrogens is 4. The second kappa shape index (κ2) is 8.87. The van der Waals surface area contributed by atoms with Gasteiger partial charge in [-0.1, -0.05) is 18.2 Å². The van der Waals surface area contributed by atoms with Gasteiger partial charge in [0, 0.05) is 55.2 Å². The predicted molar refractivity (Wildman–Crippen MR) is 110 cm³/mol. The van der Waals surface area contributed by atoms with Crippen molar-refractivity contribution in [2.24, 2.45) is 5.92 Å². The molecule has 0 unspecified atom stereocenters. The summed E-state index contributed by atoms with van der Waals surface area (Å²) in [4.78, 5) is 12.3. The van der Waals surface area contributed by atoms with E-state index in [1.54, 1.807) is 23.0 Å². The molecule has 1 aliphatic rings. The number of benzene rings is 1. The number of ether oxygens (including phenoxy) is 1. The van der Waals surface area contributed by atoms with Crippen LogP contribution in [0.3, 0.4) is 0 Å². The molecular weight excluding hydrogens is 366 g/mol. The maximum atomic E-state index is 12.3. The van der Waals surface area contributed by atoms with Gasteiger partial charge in [-0.2, -0.15) is 10.2 Å². The quantitative estimate of drug-likeness (QED) is 0.629. The molecule has 0 bridgehead atoms. The molecule has 3 aromatic rings. The topological polar surface area (TPSA) is 74.0 Å². The van der Waals surface area contributed by atoms with Crippen molar-refractivity contribution in [3.8, 4) is 5.69 Å². The lowest BCUT2D eigenvalue weighted by atomic mass is 9.97. The molecule has 0 radical (unpaired) electrons. The molecule has 7 nitrogen and oxygen atoms in total. The highest BCUT2D eigenvalue weighted by Gasteiger charge is 2.30. The summed E-state index contributed by atoms with van der Waals surface area (Å²) in [5.41, 5.74) is 2.93. The van der Waals surface area contributed by atoms with E-state index in [1.807, 2.05) is 53.6 Å². The van der Waals surface area contributed by atoms with Crippen LogP contribution in [0.15, 0.2) is 61.2 Å². The first kappa shape index (κ1) is 19.1. The fourth-order valence-electron chi connectivity index (χ4n) is 3.52. The molecule has 0 spiro atoms. The largest absolute Gasteiger partial charge is 0.373 e. The smallest absolute Gasteiger partial charge is 0.244 e. The number of para-hydroxylation sites is 1. The van der Waals surface area contributed by atoms with E-state index in [4.69, 9.17) is 4.74 Å². The van der Waals surface area contributed by atoms with E-state index in [-0.39, 0.29) is 17.9 Å². The van der Waals surface area contributed by atoms with Crippen molar-refractivity contribution in [2.75, 3.05) is 13.2 Å². The fraction of sp³-hybridized carbons (Fsp3) is 0.318. The molecule has 3 heterocycles. The summed E-state index contributed by atoms with van der Waals surface area (Å²) in [6.07, 6.45) is 11.8. The van der Waals surface area contributed by atoms with Crippen LogP contribution < -0.4 is 5.32 Å². The molecule has 29 heavy (non-hydrogen) atoms. The van der Waals surface area contributed by atoms with Crippen LogP contribution in [0.2, 0.25) is 0 Å². The van der Waals surface area contributed by atoms with E-state index in [1.165, 1.54) is 0 Å². The maximum absolute atomic E-state index is 12.3. The van der Waals surface area contributed by atoms with Gasteiger partial charge < -0.3 is 10.1 Å². The van der Waals surface area contributed by atoms with E-state index < -0.39 is 0 Å². The lowest BCUT2D eigenvalue weighted by molar-refractivity contribution is -0.116. The predicted octanol–water partition coefficient (Wildman–Crippen LogP) is 3.00. The standard InChI is InChI=1S/C22H25N5O2/c1-2-26-16-19(14-24-26)22-18(10-11-29-22)13-23-21(28)9-8-17-12-25-27(15-17)20-6-4-3-5-7-20/h3-9,12,14-16,18,22H,2,10-11,13H2,1H3,(H,23,28)/b9-8+/t18-,22+/m1/s1.